The number of alkyl halides is 3. The summed E-state index contributed by atoms with van der Waals surface area (Å²) in [6, 6.07) is 12.0. The van der Waals surface area contributed by atoms with E-state index in [4.69, 9.17) is 0 Å². The second-order valence-electron chi connectivity index (χ2n) is 7.95. The zero-order valence-corrected chi connectivity index (χ0v) is 14.5. The van der Waals surface area contributed by atoms with E-state index in [1.807, 2.05) is 12.1 Å². The Labute approximate surface area is 155 Å². The Hall–Kier alpha value is -2.37. The molecule has 2 aliphatic carbocycles. The SMILES string of the molecule is Oc1ccc([C@@H]2Nc3ccc(OC(F)(F)F)cc3[C@H]3[C@@H]4CC[C@@H](C4)[C@H]32)cc1. The van der Waals surface area contributed by atoms with E-state index in [1.54, 1.807) is 24.3 Å². The first-order chi connectivity index (χ1) is 12.9. The molecule has 27 heavy (non-hydrogen) atoms. The number of aromatic hydroxyl groups is 1. The summed E-state index contributed by atoms with van der Waals surface area (Å²) in [6.07, 6.45) is -1.23. The third kappa shape index (κ3) is 2.82. The van der Waals surface area contributed by atoms with Crippen LogP contribution in [0.1, 0.15) is 42.3 Å². The average molecular weight is 375 g/mol. The van der Waals surface area contributed by atoms with Gasteiger partial charge in [0.2, 0.25) is 0 Å². The van der Waals surface area contributed by atoms with E-state index in [2.05, 4.69) is 10.1 Å². The molecule has 2 aromatic carbocycles. The number of phenols is 1. The zero-order valence-electron chi connectivity index (χ0n) is 14.5. The predicted octanol–water partition coefficient (Wildman–Crippen LogP) is 5.59. The van der Waals surface area contributed by atoms with Crippen LogP contribution >= 0.6 is 0 Å². The van der Waals surface area contributed by atoms with Gasteiger partial charge in [0.25, 0.3) is 0 Å². The van der Waals surface area contributed by atoms with Crippen molar-refractivity contribution >= 4 is 5.69 Å². The monoisotopic (exact) mass is 375 g/mol. The lowest BCUT2D eigenvalue weighted by Crippen LogP contribution is -2.35. The summed E-state index contributed by atoms with van der Waals surface area (Å²) >= 11 is 0. The Morgan fingerprint density at radius 1 is 1.00 bits per heavy atom. The Morgan fingerprint density at radius 2 is 1.74 bits per heavy atom. The topological polar surface area (TPSA) is 41.5 Å². The van der Waals surface area contributed by atoms with Crippen LogP contribution in [0, 0.1) is 17.8 Å². The molecule has 0 spiro atoms. The summed E-state index contributed by atoms with van der Waals surface area (Å²) in [6.45, 7) is 0. The van der Waals surface area contributed by atoms with Crippen molar-refractivity contribution in [3.63, 3.8) is 0 Å². The van der Waals surface area contributed by atoms with Gasteiger partial charge in [-0.3, -0.25) is 0 Å². The van der Waals surface area contributed by atoms with E-state index in [-0.39, 0.29) is 23.5 Å². The number of fused-ring (bicyclic) bond motifs is 7. The summed E-state index contributed by atoms with van der Waals surface area (Å²) in [4.78, 5) is 0. The first kappa shape index (κ1) is 16.8. The van der Waals surface area contributed by atoms with Gasteiger partial charge in [-0.1, -0.05) is 12.1 Å². The van der Waals surface area contributed by atoms with Crippen LogP contribution in [0.25, 0.3) is 0 Å². The van der Waals surface area contributed by atoms with Crippen molar-refractivity contribution < 1.29 is 23.0 Å². The first-order valence-corrected chi connectivity index (χ1v) is 9.34. The van der Waals surface area contributed by atoms with Crippen molar-refractivity contribution in [3.8, 4) is 11.5 Å². The maximum Gasteiger partial charge on any atom is 0.573 e. The fourth-order valence-electron chi connectivity index (χ4n) is 5.67. The van der Waals surface area contributed by atoms with Gasteiger partial charge in [-0.15, -0.1) is 13.2 Å². The number of halogens is 3. The van der Waals surface area contributed by atoms with Crippen molar-refractivity contribution in [3.05, 3.63) is 53.6 Å². The summed E-state index contributed by atoms with van der Waals surface area (Å²) in [7, 11) is 0. The predicted molar refractivity (Wildman–Crippen MR) is 94.7 cm³/mol. The molecule has 0 amide bonds. The smallest absolute Gasteiger partial charge is 0.508 e. The van der Waals surface area contributed by atoms with Gasteiger partial charge < -0.3 is 15.2 Å². The molecule has 0 unspecified atom stereocenters. The van der Waals surface area contributed by atoms with E-state index < -0.39 is 6.36 Å². The van der Waals surface area contributed by atoms with Crippen LogP contribution in [0.15, 0.2) is 42.5 Å². The lowest BCUT2D eigenvalue weighted by molar-refractivity contribution is -0.274. The lowest BCUT2D eigenvalue weighted by Gasteiger charge is -2.43. The van der Waals surface area contributed by atoms with Crippen molar-refractivity contribution in [1.29, 1.82) is 0 Å². The van der Waals surface area contributed by atoms with Crippen LogP contribution < -0.4 is 10.1 Å². The highest BCUT2D eigenvalue weighted by molar-refractivity contribution is 5.61. The summed E-state index contributed by atoms with van der Waals surface area (Å²) < 4.78 is 42.1. The number of benzene rings is 2. The number of hydrogen-bond donors (Lipinski definition) is 2. The summed E-state index contributed by atoms with van der Waals surface area (Å²) in [5.74, 6) is 1.77. The van der Waals surface area contributed by atoms with Crippen LogP contribution in [0.2, 0.25) is 0 Å². The standard InChI is InChI=1S/C21H20F3NO2/c22-21(23,24)27-15-7-8-17-16(10-15)18-12-1-2-13(9-12)19(18)20(25-17)11-3-5-14(26)6-4-11/h3-8,10,12-13,18-20,25-26H,1-2,9H2/t12-,13+,18-,19-,20+/m1/s1. The fourth-order valence-corrected chi connectivity index (χ4v) is 5.67. The fraction of sp³-hybridized carbons (Fsp3) is 0.429. The first-order valence-electron chi connectivity index (χ1n) is 9.34. The molecule has 5 rings (SSSR count). The van der Waals surface area contributed by atoms with Crippen molar-refractivity contribution in [1.82, 2.24) is 0 Å². The Bertz CT molecular complexity index is 865. The van der Waals surface area contributed by atoms with Gasteiger partial charge in [0, 0.05) is 5.69 Å². The average Bonchev–Trinajstić information content (AvgIpc) is 3.23. The molecule has 0 radical (unpaired) electrons. The minimum absolute atomic E-state index is 0.104. The second kappa shape index (κ2) is 5.81. The molecule has 0 aromatic heterocycles. The molecule has 1 aliphatic heterocycles. The van der Waals surface area contributed by atoms with Gasteiger partial charge in [-0.25, -0.2) is 0 Å². The molecule has 5 atom stereocenters. The zero-order chi connectivity index (χ0) is 18.8. The van der Waals surface area contributed by atoms with E-state index in [0.717, 1.165) is 29.7 Å². The van der Waals surface area contributed by atoms with Crippen LogP contribution in [-0.4, -0.2) is 11.5 Å². The molecule has 3 nitrogen and oxygen atoms in total. The second-order valence-corrected chi connectivity index (χ2v) is 7.95. The minimum Gasteiger partial charge on any atom is -0.508 e. The van der Waals surface area contributed by atoms with Gasteiger partial charge in [-0.05, 0) is 84.4 Å². The number of anilines is 1. The van der Waals surface area contributed by atoms with Crippen LogP contribution in [0.5, 0.6) is 11.5 Å². The molecule has 2 fully saturated rings. The molecule has 2 N–H and O–H groups in total. The quantitative estimate of drug-likeness (QED) is 0.719. The molecule has 2 saturated carbocycles. The van der Waals surface area contributed by atoms with Crippen molar-refractivity contribution in [2.24, 2.45) is 17.8 Å². The highest BCUT2D eigenvalue weighted by Crippen LogP contribution is 2.64. The lowest BCUT2D eigenvalue weighted by atomic mass is 9.68. The third-order valence-corrected chi connectivity index (χ3v) is 6.54. The van der Waals surface area contributed by atoms with Gasteiger partial charge in [0.15, 0.2) is 0 Å². The molecule has 2 aromatic rings. The number of nitrogens with one attached hydrogen (secondary N) is 1. The maximum atomic E-state index is 12.6. The number of ether oxygens (including phenoxy) is 1. The highest BCUT2D eigenvalue weighted by atomic mass is 19.4. The number of hydrogen-bond acceptors (Lipinski definition) is 3. The third-order valence-electron chi connectivity index (χ3n) is 6.54. The minimum atomic E-state index is -4.68. The molecule has 1 heterocycles. The van der Waals surface area contributed by atoms with Crippen LogP contribution in [0.4, 0.5) is 18.9 Å². The maximum absolute atomic E-state index is 12.6. The van der Waals surface area contributed by atoms with Crippen LogP contribution in [0.3, 0.4) is 0 Å². The van der Waals surface area contributed by atoms with E-state index in [1.165, 1.54) is 12.5 Å². The number of rotatable bonds is 2. The van der Waals surface area contributed by atoms with Crippen molar-refractivity contribution in [2.45, 2.75) is 37.6 Å². The Kier molecular flexibility index (Phi) is 3.61. The number of phenolic OH excluding ortho intramolecular Hbond substituents is 1. The highest BCUT2D eigenvalue weighted by Gasteiger charge is 2.53. The normalized spacial score (nSPS) is 31.1. The van der Waals surface area contributed by atoms with Gasteiger partial charge in [-0.2, -0.15) is 0 Å². The molecular formula is C21H20F3NO2. The Morgan fingerprint density at radius 3 is 2.48 bits per heavy atom. The molecule has 2 bridgehead atoms. The Balaban J connectivity index is 1.56. The van der Waals surface area contributed by atoms with Gasteiger partial charge in [0.05, 0.1) is 6.04 Å². The molecule has 3 aliphatic rings. The molecule has 0 saturated heterocycles. The molecule has 142 valence electrons. The molecular weight excluding hydrogens is 355 g/mol. The van der Waals surface area contributed by atoms with E-state index in [9.17, 15) is 18.3 Å². The van der Waals surface area contributed by atoms with Gasteiger partial charge in [0.1, 0.15) is 11.5 Å². The van der Waals surface area contributed by atoms with E-state index in [0.29, 0.717) is 17.8 Å². The molecule has 6 heteroatoms. The largest absolute Gasteiger partial charge is 0.573 e. The summed E-state index contributed by atoms with van der Waals surface area (Å²) in [5, 5.41) is 13.2. The van der Waals surface area contributed by atoms with Crippen molar-refractivity contribution in [2.75, 3.05) is 5.32 Å². The van der Waals surface area contributed by atoms with Gasteiger partial charge >= 0.3 is 6.36 Å². The summed E-state index contributed by atoms with van der Waals surface area (Å²) in [5.41, 5.74) is 2.94. The van der Waals surface area contributed by atoms with Crippen LogP contribution in [-0.2, 0) is 0 Å². The van der Waals surface area contributed by atoms with E-state index >= 15 is 0 Å².